The number of benzene rings is 1. The molecule has 0 fully saturated rings. The van der Waals surface area contributed by atoms with Gasteiger partial charge in [-0.15, -0.1) is 0 Å². The molecule has 0 atom stereocenters. The summed E-state index contributed by atoms with van der Waals surface area (Å²) in [5, 5.41) is 0.0283. The van der Waals surface area contributed by atoms with Crippen molar-refractivity contribution < 1.29 is 14.0 Å². The lowest BCUT2D eigenvalue weighted by atomic mass is 9.86. The average molecular weight is 231 g/mol. The van der Waals surface area contributed by atoms with E-state index in [9.17, 15) is 4.20 Å². The molecule has 0 heterocycles. The SMILES string of the molecule is Cc1ccc([P+](O)(O)F)c(C(C)(C)C)c1. The fraction of sp³-hybridized carbons (Fsp3) is 0.455. The van der Waals surface area contributed by atoms with Crippen LogP contribution < -0.4 is 5.30 Å². The Morgan fingerprint density at radius 3 is 2.13 bits per heavy atom. The van der Waals surface area contributed by atoms with Crippen molar-refractivity contribution >= 4 is 13.3 Å². The Balaban J connectivity index is 3.41. The molecule has 0 unspecified atom stereocenters. The van der Waals surface area contributed by atoms with Crippen molar-refractivity contribution in [1.29, 1.82) is 0 Å². The maximum absolute atomic E-state index is 13.3. The highest BCUT2D eigenvalue weighted by Gasteiger charge is 2.42. The summed E-state index contributed by atoms with van der Waals surface area (Å²) in [4.78, 5) is 18.2. The average Bonchev–Trinajstić information content (AvgIpc) is 2.00. The standard InChI is InChI=1S/C11H17FO2P/c1-8-5-6-10(15(12,13)14)9(7-8)11(2,3)4/h5-7,13-14H,1-4H3/q+1. The molecule has 1 rings (SSSR count). The molecule has 2 nitrogen and oxygen atoms in total. The van der Waals surface area contributed by atoms with Gasteiger partial charge in [0.1, 0.15) is 0 Å². The van der Waals surface area contributed by atoms with E-state index >= 15 is 0 Å². The van der Waals surface area contributed by atoms with Gasteiger partial charge in [0.25, 0.3) is 0 Å². The minimum Gasteiger partial charge on any atom is -0.184 e. The second kappa shape index (κ2) is 3.82. The van der Waals surface area contributed by atoms with Crippen LogP contribution in [0.4, 0.5) is 4.20 Å². The van der Waals surface area contributed by atoms with Crippen molar-refractivity contribution in [2.45, 2.75) is 33.1 Å². The molecule has 0 aliphatic heterocycles. The van der Waals surface area contributed by atoms with E-state index in [1.54, 1.807) is 12.1 Å². The second-order valence-electron chi connectivity index (χ2n) is 4.80. The van der Waals surface area contributed by atoms with Crippen molar-refractivity contribution in [3.8, 4) is 0 Å². The molecule has 4 heteroatoms. The molecule has 0 radical (unpaired) electrons. The number of hydrogen-bond acceptors (Lipinski definition) is 2. The molecule has 0 spiro atoms. The number of halogens is 1. The van der Waals surface area contributed by atoms with E-state index in [4.69, 9.17) is 9.79 Å². The Hall–Kier alpha value is -0.500. The molecule has 1 aromatic carbocycles. The Morgan fingerprint density at radius 1 is 1.20 bits per heavy atom. The van der Waals surface area contributed by atoms with E-state index in [1.807, 2.05) is 27.7 Å². The zero-order chi connectivity index (χ0) is 11.9. The minimum absolute atomic E-state index is 0.0283. The lowest BCUT2D eigenvalue weighted by Crippen LogP contribution is -2.24. The number of hydrogen-bond donors (Lipinski definition) is 2. The summed E-state index contributed by atoms with van der Waals surface area (Å²) in [7, 11) is -4.42. The van der Waals surface area contributed by atoms with Crippen LogP contribution in [-0.2, 0) is 5.41 Å². The summed E-state index contributed by atoms with van der Waals surface area (Å²) in [6.45, 7) is 7.65. The first kappa shape index (κ1) is 12.6. The van der Waals surface area contributed by atoms with Gasteiger partial charge in [0.15, 0.2) is 5.30 Å². The van der Waals surface area contributed by atoms with Gasteiger partial charge in [0.2, 0.25) is 0 Å². The van der Waals surface area contributed by atoms with Crippen LogP contribution in [0.25, 0.3) is 0 Å². The van der Waals surface area contributed by atoms with Gasteiger partial charge in [-0.1, -0.05) is 38.5 Å². The molecule has 84 valence electrons. The third kappa shape index (κ3) is 2.97. The highest BCUT2D eigenvalue weighted by Crippen LogP contribution is 2.52. The Kier molecular flexibility index (Phi) is 3.20. The summed E-state index contributed by atoms with van der Waals surface area (Å²) in [6.07, 6.45) is 0. The molecule has 0 aliphatic rings. The molecule has 0 saturated carbocycles. The lowest BCUT2D eigenvalue weighted by molar-refractivity contribution is 0.405. The zero-order valence-electron chi connectivity index (χ0n) is 9.45. The van der Waals surface area contributed by atoms with Crippen LogP contribution >= 0.6 is 8.03 Å². The van der Waals surface area contributed by atoms with E-state index in [-0.39, 0.29) is 10.7 Å². The molecule has 15 heavy (non-hydrogen) atoms. The first-order valence-corrected chi connectivity index (χ1v) is 6.37. The van der Waals surface area contributed by atoms with E-state index in [2.05, 4.69) is 0 Å². The minimum atomic E-state index is -4.42. The van der Waals surface area contributed by atoms with Gasteiger partial charge in [-0.2, -0.15) is 9.79 Å². The van der Waals surface area contributed by atoms with E-state index in [0.29, 0.717) is 5.56 Å². The van der Waals surface area contributed by atoms with Crippen molar-refractivity contribution in [1.82, 2.24) is 0 Å². The molecule has 0 bridgehead atoms. The van der Waals surface area contributed by atoms with Gasteiger partial charge in [0, 0.05) is 9.76 Å². The Labute approximate surface area is 90.4 Å². The number of aryl methyl sites for hydroxylation is 1. The first-order chi connectivity index (χ1) is 6.62. The van der Waals surface area contributed by atoms with Gasteiger partial charge in [-0.3, -0.25) is 0 Å². The highest BCUT2D eigenvalue weighted by atomic mass is 31.2. The maximum Gasteiger partial charge on any atom is 0.498 e. The van der Waals surface area contributed by atoms with E-state index < -0.39 is 8.03 Å². The summed E-state index contributed by atoms with van der Waals surface area (Å²) in [5.41, 5.74) is 1.34. The molecule has 0 aliphatic carbocycles. The highest BCUT2D eigenvalue weighted by molar-refractivity contribution is 7.67. The van der Waals surface area contributed by atoms with Gasteiger partial charge in [-0.05, 0) is 18.4 Å². The van der Waals surface area contributed by atoms with Gasteiger partial charge < -0.3 is 0 Å². The maximum atomic E-state index is 13.3. The molecule has 0 saturated heterocycles. The number of rotatable bonds is 1. The predicted molar refractivity (Wildman–Crippen MR) is 62.0 cm³/mol. The molecule has 2 N–H and O–H groups in total. The summed E-state index contributed by atoms with van der Waals surface area (Å²) >= 11 is 0. The van der Waals surface area contributed by atoms with E-state index in [1.165, 1.54) is 6.07 Å². The molecular formula is C11H17FO2P+. The van der Waals surface area contributed by atoms with Crippen LogP contribution in [0.1, 0.15) is 31.9 Å². The molecule has 1 aromatic rings. The fourth-order valence-corrected chi connectivity index (χ4v) is 2.47. The van der Waals surface area contributed by atoms with Crippen LogP contribution in [0, 0.1) is 6.92 Å². The lowest BCUT2D eigenvalue weighted by Gasteiger charge is -2.21. The van der Waals surface area contributed by atoms with Crippen molar-refractivity contribution in [3.05, 3.63) is 29.3 Å². The normalized spacial score (nSPS) is 13.0. The van der Waals surface area contributed by atoms with Crippen LogP contribution in [0.2, 0.25) is 0 Å². The van der Waals surface area contributed by atoms with Crippen molar-refractivity contribution in [2.75, 3.05) is 0 Å². The summed E-state index contributed by atoms with van der Waals surface area (Å²) in [5.74, 6) is 0. The zero-order valence-corrected chi connectivity index (χ0v) is 10.3. The quantitative estimate of drug-likeness (QED) is 0.729. The van der Waals surface area contributed by atoms with Crippen LogP contribution in [0.3, 0.4) is 0 Å². The first-order valence-electron chi connectivity index (χ1n) is 4.78. The van der Waals surface area contributed by atoms with Crippen LogP contribution in [0.15, 0.2) is 18.2 Å². The van der Waals surface area contributed by atoms with Crippen LogP contribution in [-0.4, -0.2) is 9.79 Å². The molecule has 0 amide bonds. The van der Waals surface area contributed by atoms with Gasteiger partial charge in [-0.25, -0.2) is 0 Å². The Morgan fingerprint density at radius 2 is 1.73 bits per heavy atom. The molecule has 0 aromatic heterocycles. The van der Waals surface area contributed by atoms with E-state index in [0.717, 1.165) is 5.56 Å². The Bertz CT molecular complexity index is 364. The van der Waals surface area contributed by atoms with Gasteiger partial charge >= 0.3 is 8.03 Å². The predicted octanol–water partition coefficient (Wildman–Crippen LogP) is 2.63. The monoisotopic (exact) mass is 231 g/mol. The van der Waals surface area contributed by atoms with Gasteiger partial charge in [0.05, 0.1) is 0 Å². The van der Waals surface area contributed by atoms with Crippen LogP contribution in [0.5, 0.6) is 0 Å². The summed E-state index contributed by atoms with van der Waals surface area (Å²) in [6, 6.07) is 4.95. The topological polar surface area (TPSA) is 40.5 Å². The fourth-order valence-electron chi connectivity index (χ4n) is 1.50. The smallest absolute Gasteiger partial charge is 0.184 e. The third-order valence-corrected chi connectivity index (χ3v) is 3.27. The van der Waals surface area contributed by atoms with Crippen molar-refractivity contribution in [3.63, 3.8) is 0 Å². The largest absolute Gasteiger partial charge is 0.498 e. The third-order valence-electron chi connectivity index (χ3n) is 2.27. The summed E-state index contributed by atoms with van der Waals surface area (Å²) < 4.78 is 13.3. The van der Waals surface area contributed by atoms with Crippen molar-refractivity contribution in [2.24, 2.45) is 0 Å². The second-order valence-corrected chi connectivity index (χ2v) is 6.33. The molecular weight excluding hydrogens is 214 g/mol.